The summed E-state index contributed by atoms with van der Waals surface area (Å²) in [6, 6.07) is 49.3. The molecule has 0 spiro atoms. The van der Waals surface area contributed by atoms with Gasteiger partial charge in [-0.3, -0.25) is 9.97 Å². The lowest BCUT2D eigenvalue weighted by Crippen LogP contribution is -1.88. The van der Waals surface area contributed by atoms with Gasteiger partial charge in [0.2, 0.25) is 0 Å². The van der Waals surface area contributed by atoms with Gasteiger partial charge in [0.1, 0.15) is 0 Å². The molecule has 0 aliphatic carbocycles. The van der Waals surface area contributed by atoms with Crippen LogP contribution in [0.2, 0.25) is 0 Å². The molecule has 2 aromatic heterocycles. The Morgan fingerprint density at radius 2 is 0.465 bits per heavy atom. The fraction of sp³-hybridized carbons (Fsp3) is 0. The van der Waals surface area contributed by atoms with E-state index in [0.717, 1.165) is 22.4 Å². The van der Waals surface area contributed by atoms with E-state index in [1.165, 1.54) is 50.1 Å². The minimum absolute atomic E-state index is 0.771. The standard InChI is InChI=1S/C40H29N3/c41-40-15-13-31(14-16-40)28-1-7-32(8-2-28)37-25-38(33-9-3-29(4-10-33)35-17-21-42-22-18-35)27-39(26-37)34-11-5-30(6-12-34)36-19-23-43-24-20-36/h1-27H,41H2. The Balaban J connectivity index is 1.28. The van der Waals surface area contributed by atoms with Gasteiger partial charge in [0.15, 0.2) is 0 Å². The maximum Gasteiger partial charge on any atom is 0.0314 e. The minimum atomic E-state index is 0.771. The lowest BCUT2D eigenvalue weighted by molar-refractivity contribution is 1.33. The van der Waals surface area contributed by atoms with E-state index in [1.54, 1.807) is 0 Å². The molecule has 0 aliphatic rings. The number of nitrogen functional groups attached to an aromatic ring is 1. The van der Waals surface area contributed by atoms with Crippen LogP contribution in [0.1, 0.15) is 0 Å². The summed E-state index contributed by atoms with van der Waals surface area (Å²) in [6.45, 7) is 0. The molecular weight excluding hydrogens is 522 g/mol. The van der Waals surface area contributed by atoms with Crippen LogP contribution in [0.15, 0.2) is 164 Å². The molecule has 7 rings (SSSR count). The largest absolute Gasteiger partial charge is 0.399 e. The van der Waals surface area contributed by atoms with Gasteiger partial charge in [0.25, 0.3) is 0 Å². The molecular formula is C40H29N3. The van der Waals surface area contributed by atoms with Gasteiger partial charge < -0.3 is 5.73 Å². The maximum atomic E-state index is 5.90. The molecule has 43 heavy (non-hydrogen) atoms. The first-order chi connectivity index (χ1) is 21.2. The normalized spacial score (nSPS) is 10.9. The van der Waals surface area contributed by atoms with Crippen molar-refractivity contribution in [2.24, 2.45) is 0 Å². The molecule has 0 fully saturated rings. The van der Waals surface area contributed by atoms with Crippen molar-refractivity contribution in [1.29, 1.82) is 0 Å². The van der Waals surface area contributed by atoms with E-state index in [9.17, 15) is 0 Å². The van der Waals surface area contributed by atoms with Gasteiger partial charge in [-0.25, -0.2) is 0 Å². The van der Waals surface area contributed by atoms with Crippen LogP contribution in [0.3, 0.4) is 0 Å². The molecule has 0 atom stereocenters. The smallest absolute Gasteiger partial charge is 0.0314 e. The molecule has 7 aromatic rings. The highest BCUT2D eigenvalue weighted by atomic mass is 14.6. The number of pyridine rings is 2. The molecule has 0 amide bonds. The van der Waals surface area contributed by atoms with E-state index < -0.39 is 0 Å². The van der Waals surface area contributed by atoms with Crippen LogP contribution in [-0.4, -0.2) is 9.97 Å². The summed E-state index contributed by atoms with van der Waals surface area (Å²) in [5.74, 6) is 0. The van der Waals surface area contributed by atoms with Crippen molar-refractivity contribution in [2.45, 2.75) is 0 Å². The first-order valence-electron chi connectivity index (χ1n) is 14.3. The zero-order valence-electron chi connectivity index (χ0n) is 23.6. The van der Waals surface area contributed by atoms with Gasteiger partial charge in [0.05, 0.1) is 0 Å². The number of nitrogens with two attached hydrogens (primary N) is 1. The van der Waals surface area contributed by atoms with E-state index >= 15 is 0 Å². The van der Waals surface area contributed by atoms with Gasteiger partial charge in [0, 0.05) is 30.5 Å². The highest BCUT2D eigenvalue weighted by Crippen LogP contribution is 2.35. The molecule has 3 nitrogen and oxygen atoms in total. The first-order valence-corrected chi connectivity index (χ1v) is 14.3. The highest BCUT2D eigenvalue weighted by Gasteiger charge is 2.10. The Bertz CT molecular complexity index is 1860. The summed E-state index contributed by atoms with van der Waals surface area (Å²) < 4.78 is 0. The zero-order valence-corrected chi connectivity index (χ0v) is 23.6. The van der Waals surface area contributed by atoms with Crippen molar-refractivity contribution in [3.05, 3.63) is 164 Å². The van der Waals surface area contributed by atoms with Crippen LogP contribution in [0.4, 0.5) is 5.69 Å². The Hall–Kier alpha value is -5.80. The molecule has 0 aliphatic heterocycles. The van der Waals surface area contributed by atoms with Crippen molar-refractivity contribution in [3.8, 4) is 66.8 Å². The fourth-order valence-electron chi connectivity index (χ4n) is 5.46. The van der Waals surface area contributed by atoms with Gasteiger partial charge in [-0.2, -0.15) is 0 Å². The Labute approximate surface area is 252 Å². The Kier molecular flexibility index (Phi) is 7.04. The second-order valence-corrected chi connectivity index (χ2v) is 10.6. The lowest BCUT2D eigenvalue weighted by Gasteiger charge is -2.13. The molecule has 0 bridgehead atoms. The molecule has 204 valence electrons. The predicted octanol–water partition coefficient (Wildman–Crippen LogP) is 10.1. The molecule has 3 heteroatoms. The number of nitrogens with zero attached hydrogens (tertiary/aromatic N) is 2. The maximum absolute atomic E-state index is 5.90. The van der Waals surface area contributed by atoms with Crippen LogP contribution in [0.5, 0.6) is 0 Å². The Morgan fingerprint density at radius 1 is 0.256 bits per heavy atom. The number of benzene rings is 5. The summed E-state index contributed by atoms with van der Waals surface area (Å²) in [4.78, 5) is 8.31. The zero-order chi connectivity index (χ0) is 29.0. The third-order valence-corrected chi connectivity index (χ3v) is 7.86. The first kappa shape index (κ1) is 26.1. The van der Waals surface area contributed by atoms with Crippen molar-refractivity contribution in [3.63, 3.8) is 0 Å². The molecule has 0 unspecified atom stereocenters. The highest BCUT2D eigenvalue weighted by molar-refractivity contribution is 5.83. The molecule has 0 saturated heterocycles. The van der Waals surface area contributed by atoms with E-state index in [2.05, 4.69) is 113 Å². The third-order valence-electron chi connectivity index (χ3n) is 7.86. The van der Waals surface area contributed by atoms with Gasteiger partial charge in [-0.05, 0) is 121 Å². The second-order valence-electron chi connectivity index (χ2n) is 10.6. The van der Waals surface area contributed by atoms with E-state index in [0.29, 0.717) is 0 Å². The average molecular weight is 552 g/mol. The van der Waals surface area contributed by atoms with Crippen LogP contribution < -0.4 is 5.73 Å². The number of rotatable bonds is 6. The van der Waals surface area contributed by atoms with Gasteiger partial charge in [-0.15, -0.1) is 0 Å². The number of hydrogen-bond donors (Lipinski definition) is 1. The number of aromatic nitrogens is 2. The van der Waals surface area contributed by atoms with Crippen LogP contribution in [0, 0.1) is 0 Å². The molecule has 0 radical (unpaired) electrons. The number of anilines is 1. The molecule has 0 saturated carbocycles. The SMILES string of the molecule is Nc1ccc(-c2ccc(-c3cc(-c4ccc(-c5ccncc5)cc4)cc(-c4ccc(-c5ccncc5)cc4)c3)cc2)cc1. The second kappa shape index (κ2) is 11.6. The van der Waals surface area contributed by atoms with Gasteiger partial charge in [-0.1, -0.05) is 84.9 Å². The third kappa shape index (κ3) is 5.70. The fourth-order valence-corrected chi connectivity index (χ4v) is 5.46. The van der Waals surface area contributed by atoms with Crippen molar-refractivity contribution in [1.82, 2.24) is 9.97 Å². The quantitative estimate of drug-likeness (QED) is 0.209. The Morgan fingerprint density at radius 3 is 0.744 bits per heavy atom. The van der Waals surface area contributed by atoms with Crippen molar-refractivity contribution in [2.75, 3.05) is 5.73 Å². The molecule has 2 N–H and O–H groups in total. The van der Waals surface area contributed by atoms with Gasteiger partial charge >= 0.3 is 0 Å². The van der Waals surface area contributed by atoms with Crippen LogP contribution in [-0.2, 0) is 0 Å². The minimum Gasteiger partial charge on any atom is -0.399 e. The average Bonchev–Trinajstić information content (AvgIpc) is 3.09. The lowest BCUT2D eigenvalue weighted by atomic mass is 9.91. The predicted molar refractivity (Wildman–Crippen MR) is 179 cm³/mol. The summed E-state index contributed by atoms with van der Waals surface area (Å²) >= 11 is 0. The molecule has 5 aromatic carbocycles. The van der Waals surface area contributed by atoms with Crippen molar-refractivity contribution < 1.29 is 0 Å². The van der Waals surface area contributed by atoms with Crippen LogP contribution >= 0.6 is 0 Å². The monoisotopic (exact) mass is 551 g/mol. The summed E-state index contributed by atoms with van der Waals surface area (Å²) in [7, 11) is 0. The summed E-state index contributed by atoms with van der Waals surface area (Å²) in [5, 5.41) is 0. The number of hydrogen-bond acceptors (Lipinski definition) is 3. The van der Waals surface area contributed by atoms with E-state index in [-0.39, 0.29) is 0 Å². The van der Waals surface area contributed by atoms with E-state index in [4.69, 9.17) is 5.73 Å². The van der Waals surface area contributed by atoms with Crippen LogP contribution in [0.25, 0.3) is 66.8 Å². The summed E-state index contributed by atoms with van der Waals surface area (Å²) in [5.41, 5.74) is 20.7. The topological polar surface area (TPSA) is 51.8 Å². The van der Waals surface area contributed by atoms with E-state index in [1.807, 2.05) is 61.2 Å². The summed E-state index contributed by atoms with van der Waals surface area (Å²) in [6.07, 6.45) is 7.32. The molecule has 2 heterocycles. The van der Waals surface area contributed by atoms with Crippen molar-refractivity contribution >= 4 is 5.69 Å².